The third-order valence-corrected chi connectivity index (χ3v) is 5.63. The molecule has 26 heavy (non-hydrogen) atoms. The molecule has 0 spiro atoms. The first-order valence-corrected chi connectivity index (χ1v) is 8.28. The fourth-order valence-electron chi connectivity index (χ4n) is 4.14. The lowest BCUT2D eigenvalue weighted by atomic mass is 9.97. The molecule has 2 N–H and O–H groups in total. The molecule has 1 aromatic heterocycles. The summed E-state index contributed by atoms with van der Waals surface area (Å²) in [7, 11) is 1.60. The molecule has 1 aliphatic heterocycles. The van der Waals surface area contributed by atoms with E-state index >= 15 is 0 Å². The van der Waals surface area contributed by atoms with E-state index in [0.717, 1.165) is 17.3 Å². The predicted molar refractivity (Wildman–Crippen MR) is 90.1 cm³/mol. The number of hydrogen-bond donors (Lipinski definition) is 2. The van der Waals surface area contributed by atoms with Gasteiger partial charge in [-0.2, -0.15) is 0 Å². The molecule has 1 aliphatic carbocycles. The summed E-state index contributed by atoms with van der Waals surface area (Å²) in [5.41, 5.74) is -1.43. The first-order valence-electron chi connectivity index (χ1n) is 8.28. The number of ether oxygens (including phenoxy) is 1. The summed E-state index contributed by atoms with van der Waals surface area (Å²) < 4.78 is 7.07. The van der Waals surface area contributed by atoms with E-state index in [1.54, 1.807) is 13.3 Å². The van der Waals surface area contributed by atoms with Crippen molar-refractivity contribution in [1.82, 2.24) is 14.5 Å². The number of likely N-dealkylation sites (tertiary alicyclic amines) is 1. The maximum absolute atomic E-state index is 11.6. The van der Waals surface area contributed by atoms with Gasteiger partial charge in [0.2, 0.25) is 0 Å². The first kappa shape index (κ1) is 16.6. The third kappa shape index (κ3) is 2.22. The number of fused-ring (bicyclic) bond motifs is 1. The number of imidazole rings is 1. The molecular weight excluding hydrogens is 338 g/mol. The number of piperidine rings is 1. The second kappa shape index (κ2) is 5.57. The van der Waals surface area contributed by atoms with Crippen LogP contribution in [0.5, 0.6) is 5.75 Å². The smallest absolute Gasteiger partial charge is 0.312 e. The van der Waals surface area contributed by atoms with Gasteiger partial charge in [0.1, 0.15) is 11.6 Å². The van der Waals surface area contributed by atoms with Crippen LogP contribution in [0.4, 0.5) is 0 Å². The molecule has 2 atom stereocenters. The van der Waals surface area contributed by atoms with Gasteiger partial charge in [0.25, 0.3) is 0 Å². The van der Waals surface area contributed by atoms with Crippen molar-refractivity contribution in [2.24, 2.45) is 10.8 Å². The fraction of sp³-hybridized carbons (Fsp3) is 0.389. The largest absolute Gasteiger partial charge is 0.497 e. The number of aliphatic carboxylic acids is 2. The number of benzene rings is 1. The van der Waals surface area contributed by atoms with Gasteiger partial charge in [-0.1, -0.05) is 0 Å². The minimum Gasteiger partial charge on any atom is -0.497 e. The Morgan fingerprint density at radius 1 is 1.15 bits per heavy atom. The number of hydrogen-bond acceptors (Lipinski definition) is 5. The molecule has 4 rings (SSSR count). The Kier molecular flexibility index (Phi) is 3.55. The maximum Gasteiger partial charge on any atom is 0.312 e. The molecule has 2 fully saturated rings. The van der Waals surface area contributed by atoms with E-state index in [9.17, 15) is 19.8 Å². The van der Waals surface area contributed by atoms with Crippen LogP contribution >= 0.6 is 0 Å². The average molecular weight is 357 g/mol. The summed E-state index contributed by atoms with van der Waals surface area (Å²) in [6.45, 7) is 0.845. The first-order chi connectivity index (χ1) is 12.4. The SMILES string of the molecule is COc1ccc(-n2ccnc2CN2C[C@@]3(C(=O)O)C[C@@]3(C(=O)O)C2)cc1. The van der Waals surface area contributed by atoms with Crippen molar-refractivity contribution in [2.45, 2.75) is 13.0 Å². The Bertz CT molecular complexity index is 849. The van der Waals surface area contributed by atoms with Crippen LogP contribution in [-0.4, -0.2) is 56.8 Å². The van der Waals surface area contributed by atoms with Gasteiger partial charge in [-0.3, -0.25) is 14.5 Å². The van der Waals surface area contributed by atoms with Gasteiger partial charge in [0.15, 0.2) is 0 Å². The quantitative estimate of drug-likeness (QED) is 0.801. The van der Waals surface area contributed by atoms with Crippen molar-refractivity contribution in [3.05, 3.63) is 42.5 Å². The van der Waals surface area contributed by atoms with E-state index in [1.165, 1.54) is 0 Å². The van der Waals surface area contributed by atoms with Crippen molar-refractivity contribution in [3.8, 4) is 11.4 Å². The van der Waals surface area contributed by atoms with Crippen LogP contribution in [0, 0.1) is 10.8 Å². The zero-order valence-corrected chi connectivity index (χ0v) is 14.3. The minimum atomic E-state index is -1.17. The molecule has 8 heteroatoms. The molecule has 2 aliphatic rings. The van der Waals surface area contributed by atoms with Crippen LogP contribution in [0.1, 0.15) is 12.2 Å². The molecule has 1 saturated carbocycles. The standard InChI is InChI=1S/C18H19N3O5/c1-26-13-4-2-12(3-5-13)21-7-6-19-14(21)8-20-10-17(15(22)23)9-18(17,11-20)16(24)25/h2-7H,8-11H2,1H3,(H,22,23)(H,24,25)/t17-,18+. The topological polar surface area (TPSA) is 105 Å². The Morgan fingerprint density at radius 3 is 2.31 bits per heavy atom. The van der Waals surface area contributed by atoms with E-state index in [2.05, 4.69) is 4.98 Å². The maximum atomic E-state index is 11.6. The van der Waals surface area contributed by atoms with Crippen molar-refractivity contribution >= 4 is 11.9 Å². The Morgan fingerprint density at radius 2 is 1.77 bits per heavy atom. The van der Waals surface area contributed by atoms with Gasteiger partial charge in [0, 0.05) is 31.2 Å². The normalized spacial score (nSPS) is 27.1. The summed E-state index contributed by atoms with van der Waals surface area (Å²) in [5, 5.41) is 19.1. The predicted octanol–water partition coefficient (Wildman–Crippen LogP) is 1.24. The van der Waals surface area contributed by atoms with Crippen molar-refractivity contribution < 1.29 is 24.5 Å². The molecule has 0 amide bonds. The zero-order valence-electron chi connectivity index (χ0n) is 14.3. The highest BCUT2D eigenvalue weighted by Gasteiger charge is 2.80. The van der Waals surface area contributed by atoms with E-state index in [-0.39, 0.29) is 19.5 Å². The number of methoxy groups -OCH3 is 1. The number of carboxylic acids is 2. The van der Waals surface area contributed by atoms with E-state index in [0.29, 0.717) is 6.54 Å². The number of aromatic nitrogens is 2. The number of carboxylic acid groups (broad SMARTS) is 2. The molecule has 1 aromatic carbocycles. The van der Waals surface area contributed by atoms with Gasteiger partial charge in [-0.15, -0.1) is 0 Å². The van der Waals surface area contributed by atoms with Gasteiger partial charge >= 0.3 is 11.9 Å². The third-order valence-electron chi connectivity index (χ3n) is 5.63. The van der Waals surface area contributed by atoms with Crippen molar-refractivity contribution in [3.63, 3.8) is 0 Å². The minimum absolute atomic E-state index is 0.202. The van der Waals surface area contributed by atoms with Crippen molar-refractivity contribution in [1.29, 1.82) is 0 Å². The molecule has 0 bridgehead atoms. The number of rotatable bonds is 6. The molecule has 136 valence electrons. The van der Waals surface area contributed by atoms with Crippen LogP contribution in [-0.2, 0) is 16.1 Å². The second-order valence-electron chi connectivity index (χ2n) is 7.01. The summed E-state index contributed by atoms with van der Waals surface area (Å²) in [4.78, 5) is 29.5. The lowest BCUT2D eigenvalue weighted by Gasteiger charge is -2.20. The molecular formula is C18H19N3O5. The van der Waals surface area contributed by atoms with Crippen LogP contribution in [0.25, 0.3) is 5.69 Å². The molecule has 2 heterocycles. The van der Waals surface area contributed by atoms with Gasteiger partial charge in [-0.25, -0.2) is 4.98 Å². The lowest BCUT2D eigenvalue weighted by molar-refractivity contribution is -0.151. The van der Waals surface area contributed by atoms with E-state index in [4.69, 9.17) is 4.74 Å². The highest BCUT2D eigenvalue weighted by Crippen LogP contribution is 2.68. The van der Waals surface area contributed by atoms with Crippen LogP contribution < -0.4 is 4.74 Å². The van der Waals surface area contributed by atoms with Crippen LogP contribution in [0.2, 0.25) is 0 Å². The molecule has 1 saturated heterocycles. The number of carbonyl (C=O) groups is 2. The highest BCUT2D eigenvalue weighted by atomic mass is 16.5. The van der Waals surface area contributed by atoms with Crippen LogP contribution in [0.3, 0.4) is 0 Å². The van der Waals surface area contributed by atoms with E-state index < -0.39 is 22.8 Å². The molecule has 2 aromatic rings. The summed E-state index contributed by atoms with van der Waals surface area (Å²) in [5.74, 6) is -0.568. The van der Waals surface area contributed by atoms with Crippen LogP contribution in [0.15, 0.2) is 36.7 Å². The van der Waals surface area contributed by atoms with Crippen molar-refractivity contribution in [2.75, 3.05) is 20.2 Å². The van der Waals surface area contributed by atoms with E-state index in [1.807, 2.05) is 39.9 Å². The average Bonchev–Trinajstić information content (AvgIpc) is 2.92. The number of nitrogens with zero attached hydrogens (tertiary/aromatic N) is 3. The second-order valence-corrected chi connectivity index (χ2v) is 7.01. The summed E-state index contributed by atoms with van der Waals surface area (Å²) in [6.07, 6.45) is 3.71. The van der Waals surface area contributed by atoms with Gasteiger partial charge in [-0.05, 0) is 30.7 Å². The molecule has 0 unspecified atom stereocenters. The summed E-state index contributed by atoms with van der Waals surface area (Å²) in [6, 6.07) is 7.51. The molecule has 8 nitrogen and oxygen atoms in total. The monoisotopic (exact) mass is 357 g/mol. The Hall–Kier alpha value is -2.87. The lowest BCUT2D eigenvalue weighted by Crippen LogP contribution is -2.29. The molecule has 0 radical (unpaired) electrons. The summed E-state index contributed by atoms with van der Waals surface area (Å²) >= 11 is 0. The Balaban J connectivity index is 1.56. The fourth-order valence-corrected chi connectivity index (χ4v) is 4.14. The zero-order chi connectivity index (χ0) is 18.5. The highest BCUT2D eigenvalue weighted by molar-refractivity contribution is 5.94. The van der Waals surface area contributed by atoms with Gasteiger partial charge < -0.3 is 19.5 Å². The Labute approximate surface area is 149 Å². The van der Waals surface area contributed by atoms with Gasteiger partial charge in [0.05, 0.1) is 24.5 Å².